The van der Waals surface area contributed by atoms with Crippen LogP contribution in [0.15, 0.2) is 29.2 Å². The molecule has 0 aliphatic rings. The smallest absolute Gasteiger partial charge is 0.324 e. The third kappa shape index (κ3) is 4.77. The Morgan fingerprint density at radius 1 is 1.35 bits per heavy atom. The van der Waals surface area contributed by atoms with E-state index in [2.05, 4.69) is 4.72 Å². The van der Waals surface area contributed by atoms with E-state index in [9.17, 15) is 13.2 Å². The van der Waals surface area contributed by atoms with E-state index in [1.807, 2.05) is 6.92 Å². The van der Waals surface area contributed by atoms with E-state index in [-0.39, 0.29) is 23.8 Å². The minimum absolute atomic E-state index is 0.104. The van der Waals surface area contributed by atoms with Crippen molar-refractivity contribution in [3.8, 4) is 0 Å². The van der Waals surface area contributed by atoms with Crippen molar-refractivity contribution in [3.05, 3.63) is 29.8 Å². The highest BCUT2D eigenvalue weighted by Gasteiger charge is 2.26. The van der Waals surface area contributed by atoms with Crippen molar-refractivity contribution < 1.29 is 17.9 Å². The van der Waals surface area contributed by atoms with Crippen LogP contribution in [0.4, 0.5) is 0 Å². The van der Waals surface area contributed by atoms with Crippen LogP contribution in [0.5, 0.6) is 0 Å². The van der Waals surface area contributed by atoms with Gasteiger partial charge in [-0.05, 0) is 32.4 Å². The number of benzene rings is 1. The Labute approximate surface area is 124 Å². The van der Waals surface area contributed by atoms with Crippen LogP contribution in [0.25, 0.3) is 0 Å². The summed E-state index contributed by atoms with van der Waals surface area (Å²) in [4.78, 5) is 11.8. The first-order valence-corrected chi connectivity index (χ1v) is 8.24. The van der Waals surface area contributed by atoms with E-state index in [0.29, 0.717) is 0 Å². The number of nitrogens with one attached hydrogen (secondary N) is 1. The summed E-state index contributed by atoms with van der Waals surface area (Å²) in [6.45, 7) is 3.70. The highest BCUT2D eigenvalue weighted by atomic mass is 35.5. The lowest BCUT2D eigenvalue weighted by atomic mass is 10.2. The second kappa shape index (κ2) is 7.61. The number of alkyl halides is 1. The summed E-state index contributed by atoms with van der Waals surface area (Å²) in [5, 5.41) is 0. The molecule has 7 heteroatoms. The van der Waals surface area contributed by atoms with Crippen LogP contribution in [0.3, 0.4) is 0 Å². The first kappa shape index (κ1) is 16.9. The van der Waals surface area contributed by atoms with Crippen LogP contribution in [0, 0.1) is 6.92 Å². The molecule has 0 spiro atoms. The maximum atomic E-state index is 12.2. The Morgan fingerprint density at radius 3 is 2.45 bits per heavy atom. The van der Waals surface area contributed by atoms with Gasteiger partial charge in [0.15, 0.2) is 0 Å². The maximum absolute atomic E-state index is 12.2. The van der Waals surface area contributed by atoms with Crippen molar-refractivity contribution in [1.29, 1.82) is 0 Å². The molecule has 0 fully saturated rings. The third-order valence-electron chi connectivity index (χ3n) is 2.60. The maximum Gasteiger partial charge on any atom is 0.324 e. The van der Waals surface area contributed by atoms with Crippen molar-refractivity contribution >= 4 is 27.6 Å². The molecule has 1 aromatic rings. The topological polar surface area (TPSA) is 72.5 Å². The van der Waals surface area contributed by atoms with Crippen LogP contribution >= 0.6 is 11.6 Å². The van der Waals surface area contributed by atoms with E-state index in [4.69, 9.17) is 16.3 Å². The molecule has 0 bridgehead atoms. The SMILES string of the molecule is CCOC(=O)C(CCCl)NS(=O)(=O)c1ccc(C)cc1. The lowest BCUT2D eigenvalue weighted by Gasteiger charge is -2.16. The fraction of sp³-hybridized carbons (Fsp3) is 0.462. The van der Waals surface area contributed by atoms with Crippen molar-refractivity contribution in [2.45, 2.75) is 31.2 Å². The molecule has 0 aromatic heterocycles. The van der Waals surface area contributed by atoms with E-state index in [1.165, 1.54) is 12.1 Å². The molecule has 5 nitrogen and oxygen atoms in total. The molecule has 0 heterocycles. The molecule has 0 saturated heterocycles. The Kier molecular flexibility index (Phi) is 6.45. The Morgan fingerprint density at radius 2 is 1.95 bits per heavy atom. The molecule has 1 rings (SSSR count). The zero-order valence-electron chi connectivity index (χ0n) is 11.4. The number of sulfonamides is 1. The van der Waals surface area contributed by atoms with Crippen LogP contribution < -0.4 is 4.72 Å². The van der Waals surface area contributed by atoms with Gasteiger partial charge in [-0.1, -0.05) is 17.7 Å². The lowest BCUT2D eigenvalue weighted by Crippen LogP contribution is -2.42. The van der Waals surface area contributed by atoms with E-state index < -0.39 is 22.0 Å². The molecular formula is C13H18ClNO4S. The molecule has 112 valence electrons. The second-order valence-corrected chi connectivity index (χ2v) is 6.31. The molecule has 20 heavy (non-hydrogen) atoms. The number of hydrogen-bond acceptors (Lipinski definition) is 4. The predicted molar refractivity (Wildman–Crippen MR) is 77.3 cm³/mol. The molecule has 0 aliphatic carbocycles. The zero-order valence-corrected chi connectivity index (χ0v) is 13.0. The van der Waals surface area contributed by atoms with Gasteiger partial charge in [0.1, 0.15) is 6.04 Å². The lowest BCUT2D eigenvalue weighted by molar-refractivity contribution is -0.145. The molecule has 1 atom stereocenters. The van der Waals surface area contributed by atoms with Crippen molar-refractivity contribution in [2.75, 3.05) is 12.5 Å². The standard InChI is InChI=1S/C13H18ClNO4S/c1-3-19-13(16)12(8-9-14)15-20(17,18)11-6-4-10(2)5-7-11/h4-7,12,15H,3,8-9H2,1-2H3. The van der Waals surface area contributed by atoms with Gasteiger partial charge in [0.25, 0.3) is 0 Å². The molecule has 0 saturated carbocycles. The van der Waals surface area contributed by atoms with Crippen molar-refractivity contribution in [1.82, 2.24) is 4.72 Å². The largest absolute Gasteiger partial charge is 0.465 e. The normalized spacial score (nSPS) is 12.9. The highest BCUT2D eigenvalue weighted by Crippen LogP contribution is 2.12. The van der Waals surface area contributed by atoms with Crippen molar-refractivity contribution in [2.24, 2.45) is 0 Å². The number of aryl methyl sites for hydroxylation is 1. The molecule has 1 N–H and O–H groups in total. The van der Waals surface area contributed by atoms with Crippen LogP contribution in [-0.4, -0.2) is 32.9 Å². The summed E-state index contributed by atoms with van der Waals surface area (Å²) in [6, 6.07) is 5.38. The quantitative estimate of drug-likeness (QED) is 0.615. The van der Waals surface area contributed by atoms with E-state index in [0.717, 1.165) is 5.56 Å². The third-order valence-corrected chi connectivity index (χ3v) is 4.30. The fourth-order valence-corrected chi connectivity index (χ4v) is 2.99. The number of hydrogen-bond donors (Lipinski definition) is 1. The average molecular weight is 320 g/mol. The van der Waals surface area contributed by atoms with E-state index >= 15 is 0 Å². The summed E-state index contributed by atoms with van der Waals surface area (Å²) in [5.41, 5.74) is 0.951. The molecule has 0 aliphatic heterocycles. The van der Waals surface area contributed by atoms with Gasteiger partial charge in [0.05, 0.1) is 11.5 Å². The Bertz CT molecular complexity index is 542. The summed E-state index contributed by atoms with van der Waals surface area (Å²) in [6.07, 6.45) is 0.172. The molecule has 0 amide bonds. The summed E-state index contributed by atoms with van der Waals surface area (Å²) >= 11 is 5.59. The van der Waals surface area contributed by atoms with Gasteiger partial charge >= 0.3 is 5.97 Å². The number of rotatable bonds is 7. The zero-order chi connectivity index (χ0) is 15.2. The first-order chi connectivity index (χ1) is 9.40. The Balaban J connectivity index is 2.91. The molecule has 1 aromatic carbocycles. The number of esters is 1. The molecule has 0 radical (unpaired) electrons. The molecule has 1 unspecified atom stereocenters. The van der Waals surface area contributed by atoms with Crippen molar-refractivity contribution in [3.63, 3.8) is 0 Å². The Hall–Kier alpha value is -1.11. The van der Waals surface area contributed by atoms with Gasteiger partial charge in [-0.3, -0.25) is 4.79 Å². The summed E-state index contributed by atoms with van der Waals surface area (Å²) in [5.74, 6) is -0.469. The summed E-state index contributed by atoms with van der Waals surface area (Å²) < 4.78 is 31.5. The fourth-order valence-electron chi connectivity index (χ4n) is 1.55. The first-order valence-electron chi connectivity index (χ1n) is 6.22. The monoisotopic (exact) mass is 319 g/mol. The number of ether oxygens (including phenoxy) is 1. The van der Waals surface area contributed by atoms with Gasteiger partial charge < -0.3 is 4.74 Å². The van der Waals surface area contributed by atoms with Gasteiger partial charge in [0.2, 0.25) is 10.0 Å². The second-order valence-electron chi connectivity index (χ2n) is 4.22. The number of halogens is 1. The minimum Gasteiger partial charge on any atom is -0.465 e. The van der Waals surface area contributed by atoms with Gasteiger partial charge in [-0.15, -0.1) is 11.6 Å². The van der Waals surface area contributed by atoms with Gasteiger partial charge in [-0.2, -0.15) is 4.72 Å². The van der Waals surface area contributed by atoms with E-state index in [1.54, 1.807) is 19.1 Å². The van der Waals surface area contributed by atoms with Crippen LogP contribution in [0.1, 0.15) is 18.9 Å². The number of carbonyl (C=O) groups excluding carboxylic acids is 1. The molecular weight excluding hydrogens is 302 g/mol. The average Bonchev–Trinajstić information content (AvgIpc) is 2.39. The predicted octanol–water partition coefficient (Wildman–Crippen LogP) is 1.83. The highest BCUT2D eigenvalue weighted by molar-refractivity contribution is 7.89. The number of carbonyl (C=O) groups is 1. The van der Waals surface area contributed by atoms with Crippen LogP contribution in [0.2, 0.25) is 0 Å². The summed E-state index contributed by atoms with van der Waals surface area (Å²) in [7, 11) is -3.77. The van der Waals surface area contributed by atoms with Crippen LogP contribution in [-0.2, 0) is 19.6 Å². The van der Waals surface area contributed by atoms with Gasteiger partial charge in [-0.25, -0.2) is 8.42 Å². The van der Waals surface area contributed by atoms with Gasteiger partial charge in [0, 0.05) is 5.88 Å². The minimum atomic E-state index is -3.77.